The minimum atomic E-state index is -0.299. The Balaban J connectivity index is 1.14. The van der Waals surface area contributed by atoms with Crippen LogP contribution < -0.4 is 0 Å². The van der Waals surface area contributed by atoms with Crippen molar-refractivity contribution in [2.24, 2.45) is 0 Å². The molecule has 4 heteroatoms. The van der Waals surface area contributed by atoms with Gasteiger partial charge < -0.3 is 9.13 Å². The van der Waals surface area contributed by atoms with E-state index in [-0.39, 0.29) is 17.0 Å². The Hall–Kier alpha value is -6.52. The Labute approximate surface area is 306 Å². The summed E-state index contributed by atoms with van der Waals surface area (Å²) in [5.41, 5.74) is 12.3. The first-order chi connectivity index (χ1) is 25.9. The van der Waals surface area contributed by atoms with Gasteiger partial charge in [-0.05, 0) is 125 Å². The van der Waals surface area contributed by atoms with E-state index >= 15 is 0 Å². The van der Waals surface area contributed by atoms with Crippen LogP contribution in [0.1, 0.15) is 23.7 Å². The summed E-state index contributed by atoms with van der Waals surface area (Å²) in [7, 11) is 0. The van der Waals surface area contributed by atoms with Gasteiger partial charge in [0.15, 0.2) is 0 Å². The fourth-order valence-corrected chi connectivity index (χ4v) is 8.45. The van der Waals surface area contributed by atoms with E-state index in [4.69, 9.17) is 0 Å². The predicted octanol–water partition coefficient (Wildman–Crippen LogP) is 12.9. The maximum absolute atomic E-state index is 14.5. The lowest BCUT2D eigenvalue weighted by molar-refractivity contribution is 0.589. The van der Waals surface area contributed by atoms with Crippen LogP contribution in [0.3, 0.4) is 0 Å². The molecule has 0 N–H and O–H groups in total. The molecule has 7 aromatic carbocycles. The van der Waals surface area contributed by atoms with Crippen LogP contribution >= 0.6 is 0 Å². The van der Waals surface area contributed by atoms with Crippen LogP contribution in [-0.2, 0) is 11.8 Å². The molecule has 0 bridgehead atoms. The molecule has 9 aromatic rings. The van der Waals surface area contributed by atoms with Crippen molar-refractivity contribution in [3.05, 3.63) is 198 Å². The quantitative estimate of drug-likeness (QED) is 0.170. The van der Waals surface area contributed by atoms with Gasteiger partial charge in [-0.25, -0.2) is 8.78 Å². The van der Waals surface area contributed by atoms with Gasteiger partial charge >= 0.3 is 0 Å². The van der Waals surface area contributed by atoms with E-state index in [1.54, 1.807) is 24.3 Å². The van der Waals surface area contributed by atoms with Crippen LogP contribution in [-0.4, -0.2) is 9.13 Å². The Morgan fingerprint density at radius 1 is 0.472 bits per heavy atom. The molecule has 53 heavy (non-hydrogen) atoms. The molecule has 254 valence electrons. The van der Waals surface area contributed by atoms with Crippen LogP contribution in [0.2, 0.25) is 0 Å². The highest BCUT2D eigenvalue weighted by Gasteiger charge is 2.32. The van der Waals surface area contributed by atoms with Gasteiger partial charge in [-0.1, -0.05) is 97.9 Å². The highest BCUT2D eigenvalue weighted by Crippen LogP contribution is 2.44. The summed E-state index contributed by atoms with van der Waals surface area (Å²) in [5, 5.41) is 3.60. The van der Waals surface area contributed by atoms with Crippen LogP contribution in [0.15, 0.2) is 170 Å². The SMILES string of the molecule is CC1(c2ccc3c(c2)c2ccccc2n3-c2cc(-c3cccc(F)c3)cc(-c3cccc(F)c3)c2)C=Cc2c(c3ccccc3n2-c2ccccc2)C1. The molecular formula is C49H34F2N2. The third-order valence-corrected chi connectivity index (χ3v) is 11.0. The topological polar surface area (TPSA) is 9.86 Å². The van der Waals surface area contributed by atoms with Crippen molar-refractivity contribution in [2.45, 2.75) is 18.8 Å². The number of rotatable bonds is 5. The molecule has 1 aliphatic carbocycles. The number of aromatic nitrogens is 2. The van der Waals surface area contributed by atoms with Gasteiger partial charge in [0, 0.05) is 38.6 Å². The molecule has 1 aliphatic rings. The van der Waals surface area contributed by atoms with E-state index in [0.717, 1.165) is 61.9 Å². The van der Waals surface area contributed by atoms with Crippen LogP contribution in [0.5, 0.6) is 0 Å². The van der Waals surface area contributed by atoms with Crippen molar-refractivity contribution in [3.8, 4) is 33.6 Å². The Morgan fingerprint density at radius 2 is 1.08 bits per heavy atom. The molecule has 1 atom stereocenters. The molecule has 0 saturated carbocycles. The number of nitrogens with zero attached hydrogens (tertiary/aromatic N) is 2. The fourth-order valence-electron chi connectivity index (χ4n) is 8.45. The van der Waals surface area contributed by atoms with Crippen molar-refractivity contribution >= 4 is 38.8 Å². The summed E-state index contributed by atoms with van der Waals surface area (Å²) in [4.78, 5) is 0. The second kappa shape index (κ2) is 12.0. The molecule has 1 unspecified atom stereocenters. The predicted molar refractivity (Wildman–Crippen MR) is 215 cm³/mol. The first kappa shape index (κ1) is 31.2. The van der Waals surface area contributed by atoms with Crippen molar-refractivity contribution in [3.63, 3.8) is 0 Å². The van der Waals surface area contributed by atoms with Crippen LogP contribution in [0.4, 0.5) is 8.78 Å². The molecule has 0 fully saturated rings. The van der Waals surface area contributed by atoms with Gasteiger partial charge in [0.2, 0.25) is 0 Å². The van der Waals surface area contributed by atoms with Gasteiger partial charge in [0.05, 0.1) is 16.6 Å². The second-order valence-electron chi connectivity index (χ2n) is 14.4. The Morgan fingerprint density at radius 3 is 1.75 bits per heavy atom. The smallest absolute Gasteiger partial charge is 0.123 e. The van der Waals surface area contributed by atoms with Crippen molar-refractivity contribution in [2.75, 3.05) is 0 Å². The van der Waals surface area contributed by atoms with E-state index < -0.39 is 0 Å². The Kier molecular flexibility index (Phi) is 7.09. The summed E-state index contributed by atoms with van der Waals surface area (Å²) < 4.78 is 33.7. The minimum Gasteiger partial charge on any atom is -0.310 e. The van der Waals surface area contributed by atoms with E-state index in [1.807, 2.05) is 18.2 Å². The molecule has 2 aromatic heterocycles. The third-order valence-electron chi connectivity index (χ3n) is 11.0. The number of benzene rings is 7. The third kappa shape index (κ3) is 5.13. The number of hydrogen-bond donors (Lipinski definition) is 0. The van der Waals surface area contributed by atoms with Crippen molar-refractivity contribution in [1.82, 2.24) is 9.13 Å². The number of halogens is 2. The maximum Gasteiger partial charge on any atom is 0.123 e. The summed E-state index contributed by atoms with van der Waals surface area (Å²) in [6, 6.07) is 54.2. The summed E-state index contributed by atoms with van der Waals surface area (Å²) >= 11 is 0. The van der Waals surface area contributed by atoms with E-state index in [0.29, 0.717) is 0 Å². The molecule has 2 heterocycles. The summed E-state index contributed by atoms with van der Waals surface area (Å²) in [6.07, 6.45) is 5.56. The fraction of sp³-hybridized carbons (Fsp3) is 0.0612. The van der Waals surface area contributed by atoms with Crippen molar-refractivity contribution in [1.29, 1.82) is 0 Å². The lowest BCUT2D eigenvalue weighted by Gasteiger charge is -2.30. The minimum absolute atomic E-state index is 0.238. The van der Waals surface area contributed by atoms with Crippen molar-refractivity contribution < 1.29 is 8.78 Å². The van der Waals surface area contributed by atoms with Gasteiger partial charge in [0.25, 0.3) is 0 Å². The number of para-hydroxylation sites is 3. The number of hydrogen-bond acceptors (Lipinski definition) is 0. The normalized spacial score (nSPS) is 15.4. The first-order valence-electron chi connectivity index (χ1n) is 18.0. The van der Waals surface area contributed by atoms with E-state index in [9.17, 15) is 8.78 Å². The zero-order valence-corrected chi connectivity index (χ0v) is 29.1. The number of fused-ring (bicyclic) bond motifs is 6. The lowest BCUT2D eigenvalue weighted by atomic mass is 9.73. The average Bonchev–Trinajstić information content (AvgIpc) is 3.70. The maximum atomic E-state index is 14.5. The molecule has 10 rings (SSSR count). The van der Waals surface area contributed by atoms with E-state index in [1.165, 1.54) is 39.9 Å². The monoisotopic (exact) mass is 688 g/mol. The molecular weight excluding hydrogens is 655 g/mol. The van der Waals surface area contributed by atoms with Crippen LogP contribution in [0.25, 0.3) is 72.4 Å². The average molecular weight is 689 g/mol. The molecule has 2 nitrogen and oxygen atoms in total. The van der Waals surface area contributed by atoms with E-state index in [2.05, 4.69) is 137 Å². The largest absolute Gasteiger partial charge is 0.310 e. The van der Waals surface area contributed by atoms with Gasteiger partial charge in [-0.2, -0.15) is 0 Å². The first-order valence-corrected chi connectivity index (χ1v) is 18.0. The van der Waals surface area contributed by atoms with Gasteiger partial charge in [-0.3, -0.25) is 0 Å². The molecule has 0 spiro atoms. The molecule has 0 amide bonds. The van der Waals surface area contributed by atoms with Gasteiger partial charge in [-0.15, -0.1) is 0 Å². The highest BCUT2D eigenvalue weighted by molar-refractivity contribution is 6.10. The molecule has 0 radical (unpaired) electrons. The second-order valence-corrected chi connectivity index (χ2v) is 14.4. The standard InChI is InChI=1S/C49H34F2N2/c1-49(24-23-48-44(31-49)42-18-6-8-20-46(42)52(48)39-15-3-2-4-16-39)36-21-22-47-43(30-36)41-17-5-7-19-45(41)53(47)40-28-34(32-11-9-13-37(50)26-32)25-35(29-40)33-12-10-14-38(51)27-33/h2-30H,31H2,1H3. The van der Waals surface area contributed by atoms with Crippen LogP contribution in [0, 0.1) is 11.6 Å². The lowest BCUT2D eigenvalue weighted by Crippen LogP contribution is -2.25. The summed E-state index contributed by atoms with van der Waals surface area (Å²) in [5.74, 6) is -0.599. The Bertz CT molecular complexity index is 2850. The zero-order valence-electron chi connectivity index (χ0n) is 29.1. The molecule has 0 saturated heterocycles. The zero-order chi connectivity index (χ0) is 35.7. The number of allylic oxidation sites excluding steroid dienone is 1. The molecule has 0 aliphatic heterocycles. The summed E-state index contributed by atoms with van der Waals surface area (Å²) in [6.45, 7) is 2.34. The highest BCUT2D eigenvalue weighted by atomic mass is 19.1. The van der Waals surface area contributed by atoms with Gasteiger partial charge in [0.1, 0.15) is 11.6 Å².